The summed E-state index contributed by atoms with van der Waals surface area (Å²) in [7, 11) is -3.92. The van der Waals surface area contributed by atoms with Crippen LogP contribution in [0.15, 0.2) is 27.9 Å². The van der Waals surface area contributed by atoms with Gasteiger partial charge in [0.1, 0.15) is 4.90 Å². The molecule has 108 valence electrons. The van der Waals surface area contributed by atoms with Gasteiger partial charge in [0, 0.05) is 5.02 Å². The Morgan fingerprint density at radius 3 is 2.70 bits per heavy atom. The van der Waals surface area contributed by atoms with Crippen molar-refractivity contribution in [2.75, 3.05) is 0 Å². The fourth-order valence-electron chi connectivity index (χ4n) is 1.44. The van der Waals surface area contributed by atoms with E-state index in [0.717, 1.165) is 6.39 Å². The second-order valence-corrected chi connectivity index (χ2v) is 6.26. The van der Waals surface area contributed by atoms with Gasteiger partial charge in [-0.1, -0.05) is 28.4 Å². The Morgan fingerprint density at radius 2 is 2.10 bits per heavy atom. The van der Waals surface area contributed by atoms with Crippen molar-refractivity contribution in [3.63, 3.8) is 0 Å². The normalized spacial score (nSPS) is 11.8. The lowest BCUT2D eigenvalue weighted by molar-refractivity contribution is 0.281. The summed E-state index contributed by atoms with van der Waals surface area (Å²) in [5.41, 5.74) is 0.221. The number of aliphatic hydroxyl groups is 1. The number of sulfonamides is 1. The van der Waals surface area contributed by atoms with Crippen LogP contribution in [-0.4, -0.2) is 23.7 Å². The molecule has 0 unspecified atom stereocenters. The van der Waals surface area contributed by atoms with Crippen molar-refractivity contribution in [1.82, 2.24) is 14.9 Å². The van der Waals surface area contributed by atoms with Gasteiger partial charge < -0.3 is 9.63 Å². The van der Waals surface area contributed by atoms with Crippen LogP contribution in [0.1, 0.15) is 11.4 Å². The molecule has 2 N–H and O–H groups in total. The minimum absolute atomic E-state index is 0.0856. The van der Waals surface area contributed by atoms with E-state index in [0.29, 0.717) is 0 Å². The van der Waals surface area contributed by atoms with Gasteiger partial charge in [-0.25, -0.2) is 13.1 Å². The molecule has 0 aliphatic heterocycles. The number of aromatic nitrogens is 2. The van der Waals surface area contributed by atoms with Gasteiger partial charge in [-0.05, 0) is 17.7 Å². The largest absolute Gasteiger partial charge is 0.392 e. The first-order valence-electron chi connectivity index (χ1n) is 5.27. The Morgan fingerprint density at radius 1 is 1.35 bits per heavy atom. The van der Waals surface area contributed by atoms with E-state index in [2.05, 4.69) is 19.4 Å². The predicted octanol–water partition coefficient (Wildman–Crippen LogP) is 1.35. The summed E-state index contributed by atoms with van der Waals surface area (Å²) in [5, 5.41) is 12.7. The maximum Gasteiger partial charge on any atom is 0.242 e. The highest BCUT2D eigenvalue weighted by molar-refractivity contribution is 7.89. The molecule has 1 aromatic heterocycles. The molecule has 0 spiro atoms. The summed E-state index contributed by atoms with van der Waals surface area (Å²) in [5.74, 6) is 0.175. The van der Waals surface area contributed by atoms with Crippen LogP contribution in [0.3, 0.4) is 0 Å². The third kappa shape index (κ3) is 3.28. The summed E-state index contributed by atoms with van der Waals surface area (Å²) in [6.07, 6.45) is 1.08. The summed E-state index contributed by atoms with van der Waals surface area (Å²) in [4.78, 5) is 3.46. The van der Waals surface area contributed by atoms with E-state index in [1.54, 1.807) is 0 Å². The molecule has 0 saturated carbocycles. The number of nitrogens with zero attached hydrogens (tertiary/aromatic N) is 2. The highest BCUT2D eigenvalue weighted by Gasteiger charge is 2.21. The molecule has 0 radical (unpaired) electrons. The van der Waals surface area contributed by atoms with E-state index < -0.39 is 16.6 Å². The molecule has 2 rings (SSSR count). The summed E-state index contributed by atoms with van der Waals surface area (Å²) < 4.78 is 31.0. The molecule has 0 bridgehead atoms. The number of hydrogen-bond donors (Lipinski definition) is 2. The van der Waals surface area contributed by atoms with Gasteiger partial charge in [0.2, 0.25) is 16.4 Å². The van der Waals surface area contributed by atoms with Gasteiger partial charge >= 0.3 is 0 Å². The van der Waals surface area contributed by atoms with E-state index in [1.165, 1.54) is 12.1 Å². The molecule has 0 atom stereocenters. The molecule has 0 amide bonds. The van der Waals surface area contributed by atoms with Crippen molar-refractivity contribution in [3.8, 4) is 0 Å². The van der Waals surface area contributed by atoms with Gasteiger partial charge in [-0.2, -0.15) is 4.98 Å². The monoisotopic (exact) mass is 337 g/mol. The highest BCUT2D eigenvalue weighted by atomic mass is 35.5. The molecular weight excluding hydrogens is 329 g/mol. The van der Waals surface area contributed by atoms with Crippen LogP contribution >= 0.6 is 23.2 Å². The zero-order valence-corrected chi connectivity index (χ0v) is 12.2. The van der Waals surface area contributed by atoms with Gasteiger partial charge in [0.15, 0.2) is 5.82 Å². The molecule has 0 aliphatic carbocycles. The van der Waals surface area contributed by atoms with Crippen LogP contribution in [0.2, 0.25) is 10.0 Å². The summed E-state index contributed by atoms with van der Waals surface area (Å²) in [6, 6.07) is 2.59. The lowest BCUT2D eigenvalue weighted by atomic mass is 10.2. The minimum atomic E-state index is -3.92. The zero-order valence-electron chi connectivity index (χ0n) is 9.88. The summed E-state index contributed by atoms with van der Waals surface area (Å²) >= 11 is 11.7. The molecule has 10 heteroatoms. The SMILES string of the molecule is O=S(=O)(NCc1ncon1)c1cc(Cl)cc(CO)c1Cl. The molecule has 1 heterocycles. The molecule has 20 heavy (non-hydrogen) atoms. The van der Waals surface area contributed by atoms with Crippen LogP contribution in [0.4, 0.5) is 0 Å². The second kappa shape index (κ2) is 6.06. The quantitative estimate of drug-likeness (QED) is 0.852. The first kappa shape index (κ1) is 15.2. The first-order chi connectivity index (χ1) is 9.44. The molecule has 7 nitrogen and oxygen atoms in total. The average Bonchev–Trinajstić information content (AvgIpc) is 2.92. The number of aliphatic hydroxyl groups excluding tert-OH is 1. The Hall–Kier alpha value is -1.19. The van der Waals surface area contributed by atoms with Crippen LogP contribution in [0.5, 0.6) is 0 Å². The average molecular weight is 338 g/mol. The molecule has 0 saturated heterocycles. The van der Waals surface area contributed by atoms with Crippen LogP contribution in [0, 0.1) is 0 Å². The molecular formula is C10H9Cl2N3O4S. The Labute approximate surface area is 124 Å². The van der Waals surface area contributed by atoms with Crippen LogP contribution in [0.25, 0.3) is 0 Å². The predicted molar refractivity (Wildman–Crippen MR) is 70.7 cm³/mol. The second-order valence-electron chi connectivity index (χ2n) is 3.71. The van der Waals surface area contributed by atoms with Crippen LogP contribution < -0.4 is 4.72 Å². The van der Waals surface area contributed by atoms with Gasteiger partial charge in [-0.3, -0.25) is 0 Å². The topological polar surface area (TPSA) is 105 Å². The van der Waals surface area contributed by atoms with Gasteiger partial charge in [-0.15, -0.1) is 0 Å². The van der Waals surface area contributed by atoms with Gasteiger partial charge in [0.25, 0.3) is 0 Å². The van der Waals surface area contributed by atoms with E-state index in [-0.39, 0.29) is 32.9 Å². The molecule has 1 aromatic carbocycles. The van der Waals surface area contributed by atoms with Crippen LogP contribution in [-0.2, 0) is 23.2 Å². The first-order valence-corrected chi connectivity index (χ1v) is 7.51. The number of rotatable bonds is 5. The Bertz CT molecular complexity index is 704. The maximum atomic E-state index is 12.1. The molecule has 0 fully saturated rings. The van der Waals surface area contributed by atoms with Crippen molar-refractivity contribution < 1.29 is 18.0 Å². The number of hydrogen-bond acceptors (Lipinski definition) is 6. The lowest BCUT2D eigenvalue weighted by Gasteiger charge is -2.10. The van der Waals surface area contributed by atoms with E-state index >= 15 is 0 Å². The summed E-state index contributed by atoms with van der Waals surface area (Å²) in [6.45, 7) is -0.580. The number of benzene rings is 1. The van der Waals surface area contributed by atoms with Crippen molar-refractivity contribution >= 4 is 33.2 Å². The maximum absolute atomic E-state index is 12.1. The fourth-order valence-corrected chi connectivity index (χ4v) is 3.34. The third-order valence-corrected chi connectivity index (χ3v) is 4.57. The van der Waals surface area contributed by atoms with Crippen molar-refractivity contribution in [3.05, 3.63) is 40.0 Å². The number of halogens is 2. The smallest absolute Gasteiger partial charge is 0.242 e. The Kier molecular flexibility index (Phi) is 4.61. The number of nitrogens with one attached hydrogen (secondary N) is 1. The minimum Gasteiger partial charge on any atom is -0.392 e. The van der Waals surface area contributed by atoms with Crippen molar-refractivity contribution in [2.45, 2.75) is 18.0 Å². The van der Waals surface area contributed by atoms with E-state index in [4.69, 9.17) is 28.3 Å². The van der Waals surface area contributed by atoms with Crippen molar-refractivity contribution in [2.24, 2.45) is 0 Å². The fraction of sp³-hybridized carbons (Fsp3) is 0.200. The van der Waals surface area contributed by atoms with Crippen molar-refractivity contribution in [1.29, 1.82) is 0 Å². The third-order valence-electron chi connectivity index (χ3n) is 2.37. The van der Waals surface area contributed by atoms with E-state index in [9.17, 15) is 8.42 Å². The molecule has 2 aromatic rings. The molecule has 0 aliphatic rings. The highest BCUT2D eigenvalue weighted by Crippen LogP contribution is 2.29. The standard InChI is InChI=1S/C10H9Cl2N3O4S/c11-7-1-6(4-16)10(12)8(2-7)20(17,18)14-3-9-13-5-19-15-9/h1-2,5,14,16H,3-4H2. The van der Waals surface area contributed by atoms with Gasteiger partial charge in [0.05, 0.1) is 18.2 Å². The Balaban J connectivity index is 2.31. The lowest BCUT2D eigenvalue weighted by Crippen LogP contribution is -2.24. The van der Waals surface area contributed by atoms with E-state index in [1.807, 2.05) is 0 Å². The zero-order chi connectivity index (χ0) is 14.8.